The lowest BCUT2D eigenvalue weighted by molar-refractivity contribution is -0.172. The molecule has 2 rings (SSSR count). The Morgan fingerprint density at radius 1 is 1.14 bits per heavy atom. The minimum Gasteiger partial charge on any atom is -0.481 e. The van der Waals surface area contributed by atoms with Crippen LogP contribution in [0.2, 0.25) is 0 Å². The third-order valence-corrected chi connectivity index (χ3v) is 4.28. The number of nitrogens with zero attached hydrogens (tertiary/aromatic N) is 2. The first-order chi connectivity index (χ1) is 9.52. The standard InChI is InChI=1S/C15H26N2O4/c1-10-11(12(18)19)6-7-17(10)13(20)16-8-14(2,3)21-15(4,5)9-16/h10-11H,6-9H2,1-5H3,(H,18,19). The number of rotatable bonds is 1. The molecular weight excluding hydrogens is 272 g/mol. The number of likely N-dealkylation sites (tertiary alicyclic amines) is 1. The summed E-state index contributed by atoms with van der Waals surface area (Å²) in [4.78, 5) is 27.4. The molecule has 0 radical (unpaired) electrons. The van der Waals surface area contributed by atoms with Crippen LogP contribution in [0.5, 0.6) is 0 Å². The van der Waals surface area contributed by atoms with Gasteiger partial charge in [0, 0.05) is 12.6 Å². The van der Waals surface area contributed by atoms with Gasteiger partial charge in [0.1, 0.15) is 0 Å². The van der Waals surface area contributed by atoms with Crippen LogP contribution in [-0.2, 0) is 9.53 Å². The Hall–Kier alpha value is -1.30. The van der Waals surface area contributed by atoms with E-state index < -0.39 is 23.1 Å². The number of carbonyl (C=O) groups is 2. The smallest absolute Gasteiger partial charge is 0.320 e. The van der Waals surface area contributed by atoms with E-state index in [9.17, 15) is 14.7 Å². The first-order valence-corrected chi connectivity index (χ1v) is 7.51. The fourth-order valence-electron chi connectivity index (χ4n) is 3.64. The van der Waals surface area contributed by atoms with Crippen molar-refractivity contribution < 1.29 is 19.4 Å². The van der Waals surface area contributed by atoms with Crippen LogP contribution >= 0.6 is 0 Å². The fraction of sp³-hybridized carbons (Fsp3) is 0.867. The summed E-state index contributed by atoms with van der Waals surface area (Å²) in [6.45, 7) is 11.3. The highest BCUT2D eigenvalue weighted by molar-refractivity contribution is 5.78. The number of hydrogen-bond acceptors (Lipinski definition) is 3. The second-order valence-corrected chi connectivity index (χ2v) is 7.43. The molecular formula is C15H26N2O4. The predicted octanol–water partition coefficient (Wildman–Crippen LogP) is 1.79. The third kappa shape index (κ3) is 3.31. The van der Waals surface area contributed by atoms with Gasteiger partial charge >= 0.3 is 12.0 Å². The van der Waals surface area contributed by atoms with Crippen LogP contribution in [0, 0.1) is 5.92 Å². The lowest BCUT2D eigenvalue weighted by Gasteiger charge is -2.48. The van der Waals surface area contributed by atoms with Gasteiger partial charge in [-0.3, -0.25) is 4.79 Å². The summed E-state index contributed by atoms with van der Waals surface area (Å²) in [6, 6.07) is -0.334. The van der Waals surface area contributed by atoms with Crippen molar-refractivity contribution in [1.29, 1.82) is 0 Å². The average Bonchev–Trinajstić information content (AvgIpc) is 2.66. The third-order valence-electron chi connectivity index (χ3n) is 4.28. The van der Waals surface area contributed by atoms with Crippen LogP contribution in [0.25, 0.3) is 0 Å². The van der Waals surface area contributed by atoms with E-state index in [1.807, 2.05) is 34.6 Å². The Morgan fingerprint density at radius 2 is 1.67 bits per heavy atom. The lowest BCUT2D eigenvalue weighted by Crippen LogP contribution is -2.61. The molecule has 0 aromatic heterocycles. The monoisotopic (exact) mass is 298 g/mol. The van der Waals surface area contributed by atoms with Gasteiger partial charge in [0.25, 0.3) is 0 Å². The maximum absolute atomic E-state index is 12.8. The maximum Gasteiger partial charge on any atom is 0.320 e. The van der Waals surface area contributed by atoms with Gasteiger partial charge in [-0.15, -0.1) is 0 Å². The molecule has 21 heavy (non-hydrogen) atoms. The van der Waals surface area contributed by atoms with Crippen molar-refractivity contribution in [3.63, 3.8) is 0 Å². The topological polar surface area (TPSA) is 70.1 Å². The van der Waals surface area contributed by atoms with Gasteiger partial charge in [0.2, 0.25) is 0 Å². The van der Waals surface area contributed by atoms with E-state index in [0.717, 1.165) is 0 Å². The molecule has 0 bridgehead atoms. The van der Waals surface area contributed by atoms with Gasteiger partial charge in [-0.05, 0) is 41.0 Å². The van der Waals surface area contributed by atoms with Gasteiger partial charge in [-0.25, -0.2) is 4.79 Å². The number of carboxylic acids is 1. The van der Waals surface area contributed by atoms with E-state index >= 15 is 0 Å². The normalized spacial score (nSPS) is 31.3. The van der Waals surface area contributed by atoms with Crippen molar-refractivity contribution in [1.82, 2.24) is 9.80 Å². The fourth-order valence-corrected chi connectivity index (χ4v) is 3.64. The first-order valence-electron chi connectivity index (χ1n) is 7.51. The molecule has 2 aliphatic rings. The molecule has 0 aromatic carbocycles. The number of morpholine rings is 1. The summed E-state index contributed by atoms with van der Waals surface area (Å²) in [5.41, 5.74) is -0.793. The molecule has 1 N–H and O–H groups in total. The summed E-state index contributed by atoms with van der Waals surface area (Å²) < 4.78 is 5.98. The zero-order valence-electron chi connectivity index (χ0n) is 13.5. The minimum absolute atomic E-state index is 0.0734. The molecule has 2 unspecified atom stereocenters. The molecule has 6 heteroatoms. The number of urea groups is 1. The molecule has 6 nitrogen and oxygen atoms in total. The van der Waals surface area contributed by atoms with Crippen molar-refractivity contribution in [3.8, 4) is 0 Å². The summed E-state index contributed by atoms with van der Waals surface area (Å²) in [5.74, 6) is -1.28. The van der Waals surface area contributed by atoms with Crippen LogP contribution in [0.15, 0.2) is 0 Å². The second kappa shape index (κ2) is 5.16. The number of aliphatic carboxylic acids is 1. The van der Waals surface area contributed by atoms with Crippen molar-refractivity contribution in [2.24, 2.45) is 5.92 Å². The first kappa shape index (κ1) is 16.1. The predicted molar refractivity (Wildman–Crippen MR) is 78.1 cm³/mol. The summed E-state index contributed by atoms with van der Waals surface area (Å²) >= 11 is 0. The molecule has 2 heterocycles. The highest BCUT2D eigenvalue weighted by atomic mass is 16.5. The van der Waals surface area contributed by atoms with Gasteiger partial charge < -0.3 is 19.6 Å². The summed E-state index contributed by atoms with van der Waals surface area (Å²) in [7, 11) is 0. The van der Waals surface area contributed by atoms with Gasteiger partial charge in [-0.1, -0.05) is 0 Å². The van der Waals surface area contributed by atoms with Crippen molar-refractivity contribution in [3.05, 3.63) is 0 Å². The van der Waals surface area contributed by atoms with E-state index in [4.69, 9.17) is 4.74 Å². The minimum atomic E-state index is -0.819. The largest absolute Gasteiger partial charge is 0.481 e. The van der Waals surface area contributed by atoms with Crippen LogP contribution in [0.4, 0.5) is 4.79 Å². The van der Waals surface area contributed by atoms with Crippen LogP contribution in [0.3, 0.4) is 0 Å². The van der Waals surface area contributed by atoms with E-state index in [0.29, 0.717) is 26.1 Å². The Labute approximate surface area is 126 Å². The zero-order valence-corrected chi connectivity index (χ0v) is 13.5. The maximum atomic E-state index is 12.8. The molecule has 2 fully saturated rings. The number of ether oxygens (including phenoxy) is 1. The molecule has 2 amide bonds. The lowest BCUT2D eigenvalue weighted by atomic mass is 9.99. The summed E-state index contributed by atoms with van der Waals surface area (Å²) in [5, 5.41) is 9.19. The van der Waals surface area contributed by atoms with Gasteiger partial charge in [0.05, 0.1) is 30.2 Å². The molecule has 0 saturated carbocycles. The molecule has 0 aliphatic carbocycles. The Bertz CT molecular complexity index is 431. The van der Waals surface area contributed by atoms with Gasteiger partial charge in [0.15, 0.2) is 0 Å². The van der Waals surface area contributed by atoms with Gasteiger partial charge in [-0.2, -0.15) is 0 Å². The highest BCUT2D eigenvalue weighted by Crippen LogP contribution is 2.31. The van der Waals surface area contributed by atoms with Crippen molar-refractivity contribution in [2.45, 2.75) is 58.3 Å². The number of carboxylic acid groups (broad SMARTS) is 1. The van der Waals surface area contributed by atoms with E-state index in [2.05, 4.69) is 0 Å². The summed E-state index contributed by atoms with van der Waals surface area (Å²) in [6.07, 6.45) is 0.527. The SMILES string of the molecule is CC1C(C(=O)O)CCN1C(=O)N1CC(C)(C)OC(C)(C)C1. The van der Waals surface area contributed by atoms with Crippen LogP contribution in [-0.4, -0.2) is 63.8 Å². The average molecular weight is 298 g/mol. The Kier molecular flexibility index (Phi) is 3.95. The quantitative estimate of drug-likeness (QED) is 0.801. The Morgan fingerprint density at radius 3 is 2.10 bits per heavy atom. The van der Waals surface area contributed by atoms with E-state index in [-0.39, 0.29) is 12.1 Å². The van der Waals surface area contributed by atoms with Crippen molar-refractivity contribution >= 4 is 12.0 Å². The number of hydrogen-bond donors (Lipinski definition) is 1. The van der Waals surface area contributed by atoms with Crippen LogP contribution in [0.1, 0.15) is 41.0 Å². The molecule has 2 saturated heterocycles. The second-order valence-electron chi connectivity index (χ2n) is 7.43. The zero-order chi connectivity index (χ0) is 16.0. The molecule has 2 atom stereocenters. The van der Waals surface area contributed by atoms with Crippen LogP contribution < -0.4 is 0 Å². The highest BCUT2D eigenvalue weighted by Gasteiger charge is 2.44. The number of carbonyl (C=O) groups excluding carboxylic acids is 1. The molecule has 0 aromatic rings. The molecule has 120 valence electrons. The molecule has 0 spiro atoms. The van der Waals surface area contributed by atoms with E-state index in [1.165, 1.54) is 0 Å². The van der Waals surface area contributed by atoms with Crippen molar-refractivity contribution in [2.75, 3.05) is 19.6 Å². The number of amides is 2. The Balaban J connectivity index is 2.11. The van der Waals surface area contributed by atoms with E-state index in [1.54, 1.807) is 9.80 Å². The molecule has 2 aliphatic heterocycles.